The second-order valence-corrected chi connectivity index (χ2v) is 12.2. The predicted octanol–water partition coefficient (Wildman–Crippen LogP) is 8.23. The summed E-state index contributed by atoms with van der Waals surface area (Å²) < 4.78 is 32.2. The molecule has 0 spiro atoms. The van der Waals surface area contributed by atoms with Crippen molar-refractivity contribution in [3.8, 4) is 0 Å². The van der Waals surface area contributed by atoms with E-state index in [1.54, 1.807) is 0 Å². The Kier molecular flexibility index (Phi) is 25.8. The van der Waals surface area contributed by atoms with Gasteiger partial charge in [0, 0.05) is 6.42 Å². The Labute approximate surface area is 240 Å². The molecule has 0 radical (unpaired) electrons. The number of hydrogen-bond acceptors (Lipinski definition) is 4. The first-order chi connectivity index (χ1) is 18.8. The average molecular weight is 570 g/mol. The minimum atomic E-state index is -4.33. The van der Waals surface area contributed by atoms with Crippen molar-refractivity contribution in [2.75, 3.05) is 5.75 Å². The van der Waals surface area contributed by atoms with Crippen molar-refractivity contribution in [1.29, 1.82) is 0 Å². The van der Waals surface area contributed by atoms with Crippen LogP contribution in [0.3, 0.4) is 0 Å². The van der Waals surface area contributed by atoms with Gasteiger partial charge in [-0.3, -0.25) is 9.35 Å². The molecule has 0 saturated carbocycles. The van der Waals surface area contributed by atoms with Crippen LogP contribution in [0.5, 0.6) is 0 Å². The van der Waals surface area contributed by atoms with Crippen LogP contribution in [0.4, 0.5) is 0 Å². The normalized spacial score (nSPS) is 14.1. The van der Waals surface area contributed by atoms with Crippen LogP contribution in [0.15, 0.2) is 36.5 Å². The van der Waals surface area contributed by atoms with E-state index in [4.69, 9.17) is 0 Å². The van der Waals surface area contributed by atoms with Gasteiger partial charge in [-0.05, 0) is 44.9 Å². The molecule has 0 aliphatic heterocycles. The molecular weight excluding hydrogens is 510 g/mol. The minimum absolute atomic E-state index is 0.279. The third-order valence-corrected chi connectivity index (χ3v) is 7.57. The molecule has 3 N–H and O–H groups in total. The second-order valence-electron chi connectivity index (χ2n) is 10.7. The summed E-state index contributed by atoms with van der Waals surface area (Å²) in [5.41, 5.74) is 0. The third-order valence-electron chi connectivity index (χ3n) is 6.79. The molecule has 0 aromatic heterocycles. The molecule has 1 amide bonds. The third kappa shape index (κ3) is 27.9. The summed E-state index contributed by atoms with van der Waals surface area (Å²) in [6.07, 6.45) is 32.6. The van der Waals surface area contributed by atoms with E-state index in [0.29, 0.717) is 6.42 Å². The highest BCUT2D eigenvalue weighted by atomic mass is 32.2. The Morgan fingerprint density at radius 3 is 1.77 bits per heavy atom. The van der Waals surface area contributed by atoms with E-state index in [0.717, 1.165) is 64.2 Å². The lowest BCUT2D eigenvalue weighted by atomic mass is 10.1. The van der Waals surface area contributed by atoms with Crippen molar-refractivity contribution >= 4 is 16.0 Å². The van der Waals surface area contributed by atoms with Gasteiger partial charge in [0.1, 0.15) is 0 Å². The quantitative estimate of drug-likeness (QED) is 0.0525. The zero-order chi connectivity index (χ0) is 29.0. The molecule has 0 saturated heterocycles. The Hall–Kier alpha value is -1.44. The standard InChI is InChI=1S/C32H59NO5S/c1-3-5-7-9-11-13-15-16-18-20-22-24-26-28-32(35)33-30(29-39(36,37)38)31(34)27-25-23-21-19-17-14-12-10-8-6-4-2/h7,9,13,15,25,27,30-31,34H,3-6,8,10-12,14,16-24,26,28-29H2,1-2H3,(H,33,35)(H,36,37,38)/b9-7-,15-13-,27-25+. The SMILES string of the molecule is CCC/C=C\C/C=C\CCCCCCCC(=O)NC(CS(=O)(=O)O)C(O)/C=C/CCCCCCCCCCC. The van der Waals surface area contributed by atoms with Crippen LogP contribution < -0.4 is 5.32 Å². The number of aliphatic hydroxyl groups is 1. The first kappa shape index (κ1) is 37.6. The van der Waals surface area contributed by atoms with Gasteiger partial charge in [-0.1, -0.05) is 127 Å². The Morgan fingerprint density at radius 1 is 0.692 bits per heavy atom. The molecule has 0 aromatic carbocycles. The molecule has 228 valence electrons. The summed E-state index contributed by atoms with van der Waals surface area (Å²) in [7, 11) is -4.33. The van der Waals surface area contributed by atoms with Gasteiger partial charge in [0.15, 0.2) is 0 Å². The van der Waals surface area contributed by atoms with Gasteiger partial charge in [0.2, 0.25) is 5.91 Å². The van der Waals surface area contributed by atoms with E-state index in [1.165, 1.54) is 57.4 Å². The maximum absolute atomic E-state index is 12.4. The van der Waals surface area contributed by atoms with Crippen LogP contribution in [0.2, 0.25) is 0 Å². The minimum Gasteiger partial charge on any atom is -0.387 e. The van der Waals surface area contributed by atoms with E-state index in [-0.39, 0.29) is 12.3 Å². The Morgan fingerprint density at radius 2 is 1.21 bits per heavy atom. The first-order valence-electron chi connectivity index (χ1n) is 15.7. The highest BCUT2D eigenvalue weighted by molar-refractivity contribution is 7.85. The van der Waals surface area contributed by atoms with Crippen LogP contribution in [0.25, 0.3) is 0 Å². The lowest BCUT2D eigenvalue weighted by Crippen LogP contribution is -2.46. The molecule has 0 bridgehead atoms. The van der Waals surface area contributed by atoms with Crippen LogP contribution in [-0.4, -0.2) is 41.9 Å². The maximum atomic E-state index is 12.4. The molecule has 2 atom stereocenters. The van der Waals surface area contributed by atoms with E-state index in [1.807, 2.05) is 6.08 Å². The van der Waals surface area contributed by atoms with E-state index < -0.39 is 28.0 Å². The molecule has 0 rings (SSSR count). The fraction of sp³-hybridized carbons (Fsp3) is 0.781. The molecule has 39 heavy (non-hydrogen) atoms. The molecule has 6 nitrogen and oxygen atoms in total. The lowest BCUT2D eigenvalue weighted by Gasteiger charge is -2.21. The lowest BCUT2D eigenvalue weighted by molar-refractivity contribution is -0.122. The molecule has 0 fully saturated rings. The van der Waals surface area contributed by atoms with Crippen LogP contribution >= 0.6 is 0 Å². The largest absolute Gasteiger partial charge is 0.387 e. The monoisotopic (exact) mass is 569 g/mol. The van der Waals surface area contributed by atoms with Gasteiger partial charge in [-0.25, -0.2) is 0 Å². The van der Waals surface area contributed by atoms with Crippen molar-refractivity contribution in [3.63, 3.8) is 0 Å². The fourth-order valence-electron chi connectivity index (χ4n) is 4.43. The molecule has 0 aliphatic rings. The van der Waals surface area contributed by atoms with Crippen LogP contribution in [-0.2, 0) is 14.9 Å². The topological polar surface area (TPSA) is 104 Å². The van der Waals surface area contributed by atoms with Gasteiger partial charge in [-0.15, -0.1) is 0 Å². The average Bonchev–Trinajstić information content (AvgIpc) is 2.88. The number of aliphatic hydroxyl groups excluding tert-OH is 1. The maximum Gasteiger partial charge on any atom is 0.267 e. The molecular formula is C32H59NO5S. The highest BCUT2D eigenvalue weighted by Crippen LogP contribution is 2.12. The zero-order valence-electron chi connectivity index (χ0n) is 25.0. The first-order valence-corrected chi connectivity index (χ1v) is 17.3. The number of carbonyl (C=O) groups is 1. The Bertz CT molecular complexity index is 761. The molecule has 2 unspecified atom stereocenters. The fourth-order valence-corrected chi connectivity index (χ4v) is 5.16. The summed E-state index contributed by atoms with van der Waals surface area (Å²) in [6, 6.07) is -1.06. The summed E-state index contributed by atoms with van der Waals surface area (Å²) >= 11 is 0. The molecule has 7 heteroatoms. The van der Waals surface area contributed by atoms with E-state index in [2.05, 4.69) is 43.5 Å². The van der Waals surface area contributed by atoms with Crippen LogP contribution in [0.1, 0.15) is 142 Å². The molecule has 0 aromatic rings. The molecule has 0 aliphatic carbocycles. The smallest absolute Gasteiger partial charge is 0.267 e. The number of nitrogens with one attached hydrogen (secondary N) is 1. The summed E-state index contributed by atoms with van der Waals surface area (Å²) in [5.74, 6) is -1.00. The summed E-state index contributed by atoms with van der Waals surface area (Å²) in [5, 5.41) is 13.1. The Balaban J connectivity index is 4.12. The summed E-state index contributed by atoms with van der Waals surface area (Å²) in [4.78, 5) is 12.4. The van der Waals surface area contributed by atoms with Crippen molar-refractivity contribution in [2.45, 2.75) is 154 Å². The number of allylic oxidation sites excluding steroid dienone is 5. The number of unbranched alkanes of at least 4 members (excludes halogenated alkanes) is 15. The molecule has 0 heterocycles. The predicted molar refractivity (Wildman–Crippen MR) is 165 cm³/mol. The van der Waals surface area contributed by atoms with E-state index in [9.17, 15) is 22.9 Å². The van der Waals surface area contributed by atoms with Crippen LogP contribution in [0, 0.1) is 0 Å². The van der Waals surface area contributed by atoms with E-state index >= 15 is 0 Å². The number of rotatable bonds is 27. The number of amides is 1. The van der Waals surface area contributed by atoms with Gasteiger partial charge in [-0.2, -0.15) is 8.42 Å². The van der Waals surface area contributed by atoms with Crippen molar-refractivity contribution in [2.24, 2.45) is 0 Å². The summed E-state index contributed by atoms with van der Waals surface area (Å²) in [6.45, 7) is 4.40. The van der Waals surface area contributed by atoms with Crippen molar-refractivity contribution < 1.29 is 22.9 Å². The zero-order valence-corrected chi connectivity index (χ0v) is 25.8. The van der Waals surface area contributed by atoms with Gasteiger partial charge in [0.25, 0.3) is 10.1 Å². The van der Waals surface area contributed by atoms with Crippen molar-refractivity contribution in [1.82, 2.24) is 5.32 Å². The number of hydrogen-bond donors (Lipinski definition) is 3. The van der Waals surface area contributed by atoms with Gasteiger partial charge < -0.3 is 10.4 Å². The van der Waals surface area contributed by atoms with Crippen molar-refractivity contribution in [3.05, 3.63) is 36.5 Å². The van der Waals surface area contributed by atoms with Gasteiger partial charge >= 0.3 is 0 Å². The van der Waals surface area contributed by atoms with Gasteiger partial charge in [0.05, 0.1) is 17.9 Å². The highest BCUT2D eigenvalue weighted by Gasteiger charge is 2.24. The number of carbonyl (C=O) groups excluding carboxylic acids is 1. The second kappa shape index (κ2) is 26.8.